The summed E-state index contributed by atoms with van der Waals surface area (Å²) in [6.45, 7) is 3.99. The Balaban J connectivity index is 1.58. The van der Waals surface area contributed by atoms with Crippen LogP contribution in [0.15, 0.2) is 61.2 Å². The van der Waals surface area contributed by atoms with Gasteiger partial charge < -0.3 is 19.5 Å². The minimum Gasteiger partial charge on any atom is -0.480 e. The quantitative estimate of drug-likeness (QED) is 0.523. The van der Waals surface area contributed by atoms with Gasteiger partial charge in [-0.2, -0.15) is 0 Å². The average Bonchev–Trinajstić information content (AvgIpc) is 3.16. The van der Waals surface area contributed by atoms with Gasteiger partial charge in [-0.25, -0.2) is 14.4 Å². The molecule has 0 heterocycles. The van der Waals surface area contributed by atoms with Crippen LogP contribution in [0.5, 0.6) is 0 Å². The number of likely N-dealkylation sites (N-methyl/N-ethyl adjacent to an activating group) is 1. The largest absolute Gasteiger partial charge is 0.480 e. The van der Waals surface area contributed by atoms with Crippen molar-refractivity contribution in [3.8, 4) is 11.1 Å². The van der Waals surface area contributed by atoms with Crippen LogP contribution in [-0.2, 0) is 14.3 Å². The van der Waals surface area contributed by atoms with E-state index in [9.17, 15) is 19.5 Å². The van der Waals surface area contributed by atoms with Gasteiger partial charge in [0.1, 0.15) is 19.3 Å². The van der Waals surface area contributed by atoms with Crippen LogP contribution in [-0.4, -0.2) is 73.0 Å². The lowest BCUT2D eigenvalue weighted by Gasteiger charge is -2.26. The molecule has 180 valence electrons. The highest BCUT2D eigenvalue weighted by molar-refractivity contribution is 5.81. The molecule has 34 heavy (non-hydrogen) atoms. The van der Waals surface area contributed by atoms with Crippen LogP contribution in [0.3, 0.4) is 0 Å². The predicted octanol–water partition coefficient (Wildman–Crippen LogP) is 4.36. The molecule has 1 aliphatic rings. The van der Waals surface area contributed by atoms with E-state index in [4.69, 9.17) is 9.47 Å². The van der Waals surface area contributed by atoms with Gasteiger partial charge >= 0.3 is 18.2 Å². The van der Waals surface area contributed by atoms with Crippen molar-refractivity contribution in [2.75, 3.05) is 33.9 Å². The molecule has 1 unspecified atom stereocenters. The molecule has 0 bridgehead atoms. The van der Waals surface area contributed by atoms with E-state index in [-0.39, 0.29) is 32.1 Å². The van der Waals surface area contributed by atoms with Crippen molar-refractivity contribution in [3.63, 3.8) is 0 Å². The zero-order chi connectivity index (χ0) is 24.7. The highest BCUT2D eigenvalue weighted by Gasteiger charge is 2.31. The van der Waals surface area contributed by atoms with Crippen LogP contribution in [0.4, 0.5) is 9.59 Å². The van der Waals surface area contributed by atoms with E-state index in [2.05, 4.69) is 6.58 Å². The molecule has 0 aliphatic heterocycles. The number of amides is 2. The molecule has 0 spiro atoms. The number of benzene rings is 2. The maximum absolute atomic E-state index is 12.7. The summed E-state index contributed by atoms with van der Waals surface area (Å²) >= 11 is 0. The molecular formula is C26H30N2O6. The molecule has 1 N–H and O–H groups in total. The second-order valence-electron chi connectivity index (χ2n) is 8.20. The lowest BCUT2D eigenvalue weighted by molar-refractivity contribution is -0.142. The van der Waals surface area contributed by atoms with Crippen molar-refractivity contribution in [2.45, 2.75) is 24.8 Å². The zero-order valence-electron chi connectivity index (χ0n) is 19.5. The summed E-state index contributed by atoms with van der Waals surface area (Å²) in [5.74, 6) is -1.24. The third kappa shape index (κ3) is 5.57. The zero-order valence-corrected chi connectivity index (χ0v) is 19.5. The van der Waals surface area contributed by atoms with Crippen LogP contribution in [0, 0.1) is 0 Å². The molecule has 2 aromatic carbocycles. The van der Waals surface area contributed by atoms with Crippen molar-refractivity contribution >= 4 is 18.2 Å². The monoisotopic (exact) mass is 466 g/mol. The summed E-state index contributed by atoms with van der Waals surface area (Å²) < 4.78 is 10.5. The number of carbonyl (C=O) groups is 3. The van der Waals surface area contributed by atoms with Gasteiger partial charge in [-0.3, -0.25) is 4.90 Å². The molecular weight excluding hydrogens is 436 g/mol. The maximum atomic E-state index is 12.7. The minimum atomic E-state index is -1.13. The Hall–Kier alpha value is -3.81. The van der Waals surface area contributed by atoms with Crippen molar-refractivity contribution in [1.29, 1.82) is 0 Å². The Morgan fingerprint density at radius 2 is 1.59 bits per heavy atom. The number of aliphatic carboxylic acids is 1. The maximum Gasteiger partial charge on any atom is 0.410 e. The minimum absolute atomic E-state index is 0.103. The normalized spacial score (nSPS) is 12.8. The summed E-state index contributed by atoms with van der Waals surface area (Å²) in [6, 6.07) is 14.9. The summed E-state index contributed by atoms with van der Waals surface area (Å²) in [4.78, 5) is 38.8. The van der Waals surface area contributed by atoms with E-state index in [1.807, 2.05) is 48.5 Å². The molecule has 0 saturated heterocycles. The summed E-state index contributed by atoms with van der Waals surface area (Å²) in [6.07, 6.45) is 0.784. The first-order valence-electron chi connectivity index (χ1n) is 11.1. The third-order valence-corrected chi connectivity index (χ3v) is 5.98. The lowest BCUT2D eigenvalue weighted by atomic mass is 9.98. The number of hydrogen-bond acceptors (Lipinski definition) is 5. The van der Waals surface area contributed by atoms with E-state index < -0.39 is 24.2 Å². The van der Waals surface area contributed by atoms with Crippen molar-refractivity contribution in [3.05, 3.63) is 72.3 Å². The molecule has 2 amide bonds. The molecule has 0 aromatic heterocycles. The van der Waals surface area contributed by atoms with Gasteiger partial charge in [0, 0.05) is 26.6 Å². The van der Waals surface area contributed by atoms with Gasteiger partial charge in [0.15, 0.2) is 0 Å². The number of carboxylic acid groups (broad SMARTS) is 1. The number of hydrogen-bond donors (Lipinski definition) is 1. The van der Waals surface area contributed by atoms with Crippen LogP contribution < -0.4 is 0 Å². The standard InChI is InChI=1S/C26H30N2O6/c1-4-16-33-25(31)27(2)15-9-14-23(24(29)30)28(3)26(32)34-17-22-20-12-7-5-10-18(20)19-11-6-8-13-21(19)22/h4-8,10-13,22-23H,1,9,14-17H2,2-3H3,(H,29,30). The average molecular weight is 467 g/mol. The van der Waals surface area contributed by atoms with Gasteiger partial charge in [0.2, 0.25) is 0 Å². The SMILES string of the molecule is C=CCOC(=O)N(C)CCCC(C(=O)O)N(C)C(=O)OCC1c2ccccc2-c2ccccc21. The Morgan fingerprint density at radius 3 is 2.15 bits per heavy atom. The molecule has 1 aliphatic carbocycles. The molecule has 0 saturated carbocycles. The van der Waals surface area contributed by atoms with E-state index in [1.165, 1.54) is 18.0 Å². The van der Waals surface area contributed by atoms with Crippen molar-refractivity contribution in [1.82, 2.24) is 9.80 Å². The molecule has 8 nitrogen and oxygen atoms in total. The van der Waals surface area contributed by atoms with Gasteiger partial charge in [-0.1, -0.05) is 61.2 Å². The van der Waals surface area contributed by atoms with Crippen LogP contribution in [0.25, 0.3) is 11.1 Å². The van der Waals surface area contributed by atoms with Crippen LogP contribution >= 0.6 is 0 Å². The highest BCUT2D eigenvalue weighted by Crippen LogP contribution is 2.44. The number of carboxylic acids is 1. The Labute approximate surface area is 199 Å². The third-order valence-electron chi connectivity index (χ3n) is 5.98. The van der Waals surface area contributed by atoms with Crippen molar-refractivity contribution in [2.24, 2.45) is 0 Å². The molecule has 0 radical (unpaired) electrons. The Kier molecular flexibility index (Phi) is 8.29. The van der Waals surface area contributed by atoms with E-state index >= 15 is 0 Å². The fraction of sp³-hybridized carbons (Fsp3) is 0.346. The fourth-order valence-electron chi connectivity index (χ4n) is 4.16. The molecule has 3 rings (SSSR count). The number of rotatable bonds is 10. The van der Waals surface area contributed by atoms with Crippen LogP contribution in [0.1, 0.15) is 29.9 Å². The predicted molar refractivity (Wildman–Crippen MR) is 128 cm³/mol. The van der Waals surface area contributed by atoms with Gasteiger partial charge in [0.25, 0.3) is 0 Å². The first kappa shape index (κ1) is 24.8. The summed E-state index contributed by atoms with van der Waals surface area (Å²) in [5, 5.41) is 9.66. The number of fused-ring (bicyclic) bond motifs is 3. The van der Waals surface area contributed by atoms with E-state index in [0.29, 0.717) is 6.42 Å². The van der Waals surface area contributed by atoms with Gasteiger partial charge in [-0.05, 0) is 35.1 Å². The first-order valence-corrected chi connectivity index (χ1v) is 11.1. The molecule has 2 aromatic rings. The van der Waals surface area contributed by atoms with E-state index in [0.717, 1.165) is 27.2 Å². The topological polar surface area (TPSA) is 96.4 Å². The molecule has 0 fully saturated rings. The van der Waals surface area contributed by atoms with Crippen LogP contribution in [0.2, 0.25) is 0 Å². The van der Waals surface area contributed by atoms with Crippen molar-refractivity contribution < 1.29 is 29.0 Å². The number of carbonyl (C=O) groups excluding carboxylic acids is 2. The molecule has 1 atom stereocenters. The second-order valence-corrected chi connectivity index (χ2v) is 8.20. The number of ether oxygens (including phenoxy) is 2. The first-order chi connectivity index (χ1) is 16.3. The summed E-state index contributed by atoms with van der Waals surface area (Å²) in [7, 11) is 2.98. The Bertz CT molecular complexity index is 1010. The summed E-state index contributed by atoms with van der Waals surface area (Å²) in [5.41, 5.74) is 4.40. The van der Waals surface area contributed by atoms with Gasteiger partial charge in [-0.15, -0.1) is 0 Å². The lowest BCUT2D eigenvalue weighted by Crippen LogP contribution is -2.43. The van der Waals surface area contributed by atoms with Gasteiger partial charge in [0.05, 0.1) is 0 Å². The van der Waals surface area contributed by atoms with E-state index in [1.54, 1.807) is 7.05 Å². The highest BCUT2D eigenvalue weighted by atomic mass is 16.6. The second kappa shape index (κ2) is 11.4. The number of nitrogens with zero attached hydrogens (tertiary/aromatic N) is 2. The smallest absolute Gasteiger partial charge is 0.410 e. The molecule has 8 heteroatoms. The Morgan fingerprint density at radius 1 is 1.00 bits per heavy atom. The fourth-order valence-corrected chi connectivity index (χ4v) is 4.16.